The van der Waals surface area contributed by atoms with Crippen LogP contribution in [0.5, 0.6) is 0 Å². The van der Waals surface area contributed by atoms with Crippen LogP contribution in [0.2, 0.25) is 0 Å². The number of rotatable bonds is 1. The molecule has 6 heteroatoms. The van der Waals surface area contributed by atoms with Crippen LogP contribution in [0.3, 0.4) is 0 Å². The molecule has 0 amide bonds. The lowest BCUT2D eigenvalue weighted by Crippen LogP contribution is -2.74. The molecule has 4 fully saturated rings. The maximum absolute atomic E-state index is 14.0. The van der Waals surface area contributed by atoms with Crippen LogP contribution >= 0.6 is 0 Å². The Morgan fingerprint density at radius 1 is 1.21 bits per heavy atom. The van der Waals surface area contributed by atoms with Crippen LogP contribution < -0.4 is 0 Å². The highest BCUT2D eigenvalue weighted by Crippen LogP contribution is 2.74. The number of aliphatic hydroxyl groups is 3. The molecule has 156 valence electrons. The minimum absolute atomic E-state index is 0.00852. The Labute approximate surface area is 165 Å². The van der Waals surface area contributed by atoms with Crippen molar-refractivity contribution in [3.8, 4) is 0 Å². The van der Waals surface area contributed by atoms with Crippen molar-refractivity contribution in [2.45, 2.75) is 76.5 Å². The monoisotopic (exact) mass is 392 g/mol. The van der Waals surface area contributed by atoms with Gasteiger partial charge in [0, 0.05) is 30.3 Å². The number of carbonyl (C=O) groups is 1. The Morgan fingerprint density at radius 2 is 1.89 bits per heavy atom. The molecular weight excluding hydrogens is 360 g/mol. The lowest BCUT2D eigenvalue weighted by atomic mass is 9.46. The van der Waals surface area contributed by atoms with E-state index < -0.39 is 40.2 Å². The average molecular weight is 392 g/mol. The number of Topliss-reactive ketones (excluding diaryl/α,β-unsaturated/α-hetero) is 1. The van der Waals surface area contributed by atoms with Crippen molar-refractivity contribution in [3.63, 3.8) is 0 Å². The van der Waals surface area contributed by atoms with Gasteiger partial charge in [0.2, 0.25) is 0 Å². The first kappa shape index (κ1) is 19.2. The SMILES string of the molecule is COC1C(=O)[C@]23C[C@H]2CC2OCC2(O)C3[C@H](C)C2(O)CC(O)C(C)=C1C2(C)C. The lowest BCUT2D eigenvalue weighted by Gasteiger charge is -2.64. The highest BCUT2D eigenvalue weighted by molar-refractivity contribution is 5.96. The fourth-order valence-electron chi connectivity index (χ4n) is 7.77. The van der Waals surface area contributed by atoms with E-state index in [1.54, 1.807) is 0 Å². The van der Waals surface area contributed by atoms with E-state index in [-0.39, 0.29) is 36.8 Å². The summed E-state index contributed by atoms with van der Waals surface area (Å²) in [5, 5.41) is 34.5. The van der Waals surface area contributed by atoms with Gasteiger partial charge in [-0.25, -0.2) is 0 Å². The topological polar surface area (TPSA) is 96.2 Å². The summed E-state index contributed by atoms with van der Waals surface area (Å²) in [6.45, 7) is 7.88. The molecule has 1 aliphatic heterocycles. The van der Waals surface area contributed by atoms with E-state index in [1.165, 1.54) is 7.11 Å². The molecule has 6 unspecified atom stereocenters. The van der Waals surface area contributed by atoms with Crippen molar-refractivity contribution in [1.82, 2.24) is 0 Å². The quantitative estimate of drug-likeness (QED) is 0.581. The summed E-state index contributed by atoms with van der Waals surface area (Å²) in [5.41, 5.74) is -2.37. The van der Waals surface area contributed by atoms with Crippen LogP contribution in [-0.4, -0.2) is 64.3 Å². The molecule has 3 saturated carbocycles. The smallest absolute Gasteiger partial charge is 0.172 e. The van der Waals surface area contributed by atoms with Crippen LogP contribution in [0.1, 0.15) is 47.0 Å². The van der Waals surface area contributed by atoms with Gasteiger partial charge in [0.1, 0.15) is 11.7 Å². The predicted octanol–water partition coefficient (Wildman–Crippen LogP) is 1.21. The number of aliphatic hydroxyl groups excluding tert-OH is 1. The highest BCUT2D eigenvalue weighted by atomic mass is 16.6. The molecule has 2 bridgehead atoms. The van der Waals surface area contributed by atoms with Gasteiger partial charge >= 0.3 is 0 Å². The van der Waals surface area contributed by atoms with Crippen LogP contribution in [0.15, 0.2) is 11.1 Å². The number of hydrogen-bond acceptors (Lipinski definition) is 6. The summed E-state index contributed by atoms with van der Waals surface area (Å²) >= 11 is 0. The van der Waals surface area contributed by atoms with Gasteiger partial charge in [0.15, 0.2) is 5.78 Å². The third-order valence-electron chi connectivity index (χ3n) is 9.45. The minimum atomic E-state index is -1.27. The normalized spacial score (nSPS) is 56.6. The second-order valence-corrected chi connectivity index (χ2v) is 10.6. The van der Waals surface area contributed by atoms with Gasteiger partial charge in [-0.1, -0.05) is 20.8 Å². The van der Waals surface area contributed by atoms with Gasteiger partial charge in [0.25, 0.3) is 0 Å². The van der Waals surface area contributed by atoms with E-state index in [0.717, 1.165) is 5.57 Å². The second kappa shape index (κ2) is 5.27. The van der Waals surface area contributed by atoms with Gasteiger partial charge < -0.3 is 24.8 Å². The first-order chi connectivity index (χ1) is 13.0. The first-order valence-corrected chi connectivity index (χ1v) is 10.5. The standard InChI is InChI=1S/C22H32O6/c1-10-13(23)8-22(26)11(2)17-20(7-12(20)6-14-21(17,25)9-28-14)18(24)16(27-5)15(10)19(22,3)4/h11-14,16-17,23,25-26H,6-9H2,1-5H3/t11-,12+,13?,14?,16?,17?,20+,21?,22?/m0/s1. The van der Waals surface area contributed by atoms with Crippen LogP contribution in [0.25, 0.3) is 0 Å². The summed E-state index contributed by atoms with van der Waals surface area (Å²) in [7, 11) is 1.53. The third kappa shape index (κ3) is 1.82. The van der Waals surface area contributed by atoms with Crippen molar-refractivity contribution < 1.29 is 29.6 Å². The van der Waals surface area contributed by atoms with Crippen molar-refractivity contribution in [2.24, 2.45) is 28.6 Å². The number of ketones is 1. The highest BCUT2D eigenvalue weighted by Gasteiger charge is 2.80. The average Bonchev–Trinajstić information content (AvgIpc) is 3.34. The molecule has 5 aliphatic rings. The molecule has 0 aromatic carbocycles. The summed E-state index contributed by atoms with van der Waals surface area (Å²) in [6.07, 6.45) is -0.321. The molecule has 1 heterocycles. The largest absolute Gasteiger partial charge is 0.389 e. The van der Waals surface area contributed by atoms with Gasteiger partial charge in [-0.05, 0) is 42.7 Å². The predicted molar refractivity (Wildman–Crippen MR) is 100 cm³/mol. The Kier molecular flexibility index (Phi) is 3.61. The van der Waals surface area contributed by atoms with E-state index in [2.05, 4.69) is 0 Å². The zero-order chi connectivity index (χ0) is 20.4. The van der Waals surface area contributed by atoms with Crippen LogP contribution in [-0.2, 0) is 14.3 Å². The van der Waals surface area contributed by atoms with Crippen molar-refractivity contribution in [2.75, 3.05) is 13.7 Å². The molecule has 6 nitrogen and oxygen atoms in total. The van der Waals surface area contributed by atoms with Gasteiger partial charge in [-0.3, -0.25) is 4.79 Å². The first-order valence-electron chi connectivity index (χ1n) is 10.5. The molecule has 4 aliphatic carbocycles. The number of fused-ring (bicyclic) bond motifs is 4. The molecule has 0 aromatic heterocycles. The molecule has 0 radical (unpaired) electrons. The van der Waals surface area contributed by atoms with Gasteiger partial charge in [-0.2, -0.15) is 0 Å². The number of carbonyl (C=O) groups excluding carboxylic acids is 1. The molecule has 3 N–H and O–H groups in total. The summed E-state index contributed by atoms with van der Waals surface area (Å²) < 4.78 is 11.5. The zero-order valence-corrected chi connectivity index (χ0v) is 17.4. The molecule has 28 heavy (non-hydrogen) atoms. The molecule has 1 spiro atoms. The number of ether oxygens (including phenoxy) is 2. The molecule has 9 atom stereocenters. The van der Waals surface area contributed by atoms with Crippen LogP contribution in [0.4, 0.5) is 0 Å². The fourth-order valence-corrected chi connectivity index (χ4v) is 7.77. The third-order valence-corrected chi connectivity index (χ3v) is 9.45. The van der Waals surface area contributed by atoms with E-state index >= 15 is 0 Å². The maximum atomic E-state index is 14.0. The number of hydrogen-bond donors (Lipinski definition) is 3. The minimum Gasteiger partial charge on any atom is -0.389 e. The van der Waals surface area contributed by atoms with E-state index in [0.29, 0.717) is 18.4 Å². The van der Waals surface area contributed by atoms with E-state index in [1.807, 2.05) is 27.7 Å². The second-order valence-electron chi connectivity index (χ2n) is 10.6. The fraction of sp³-hybridized carbons (Fsp3) is 0.864. The molecule has 5 rings (SSSR count). The molecular formula is C22H32O6. The molecule has 0 aromatic rings. The van der Waals surface area contributed by atoms with E-state index in [9.17, 15) is 20.1 Å². The van der Waals surface area contributed by atoms with E-state index in [4.69, 9.17) is 9.47 Å². The summed E-state index contributed by atoms with van der Waals surface area (Å²) in [5.74, 6) is -0.607. The Hall–Kier alpha value is -0.790. The molecule has 1 saturated heterocycles. The van der Waals surface area contributed by atoms with Crippen LogP contribution in [0, 0.1) is 28.6 Å². The van der Waals surface area contributed by atoms with Gasteiger partial charge in [0.05, 0.1) is 24.4 Å². The van der Waals surface area contributed by atoms with Crippen molar-refractivity contribution >= 4 is 5.78 Å². The Balaban J connectivity index is 1.78. The number of methoxy groups -OCH3 is 1. The Morgan fingerprint density at radius 3 is 2.46 bits per heavy atom. The maximum Gasteiger partial charge on any atom is 0.172 e. The van der Waals surface area contributed by atoms with Crippen molar-refractivity contribution in [3.05, 3.63) is 11.1 Å². The van der Waals surface area contributed by atoms with Crippen molar-refractivity contribution in [1.29, 1.82) is 0 Å². The summed E-state index contributed by atoms with van der Waals surface area (Å²) in [4.78, 5) is 14.0. The lowest BCUT2D eigenvalue weighted by molar-refractivity contribution is -0.310. The van der Waals surface area contributed by atoms with Gasteiger partial charge in [-0.15, -0.1) is 0 Å². The summed E-state index contributed by atoms with van der Waals surface area (Å²) in [6, 6.07) is 0. The zero-order valence-electron chi connectivity index (χ0n) is 17.4. The Bertz CT molecular complexity index is 788.